The predicted octanol–water partition coefficient (Wildman–Crippen LogP) is -0.267. The van der Waals surface area contributed by atoms with E-state index in [9.17, 15) is 24.2 Å². The number of halogens is 1. The monoisotopic (exact) mass is 525 g/mol. The van der Waals surface area contributed by atoms with Gasteiger partial charge in [0.25, 0.3) is 0 Å². The highest BCUT2D eigenvalue weighted by molar-refractivity contribution is 7.70. The summed E-state index contributed by atoms with van der Waals surface area (Å²) in [6, 6.07) is 0. The molecule has 4 heterocycles. The van der Waals surface area contributed by atoms with E-state index in [-0.39, 0.29) is 11.0 Å². The molecule has 1 aliphatic carbocycles. The number of piperidine rings is 1. The fraction of sp³-hybridized carbons (Fsp3) is 0.688. The number of anilines is 1. The largest absolute Gasteiger partial charge is 0.387 e. The molecule has 0 radical (unpaired) electrons. The molecule has 2 saturated heterocycles. The van der Waals surface area contributed by atoms with E-state index in [4.69, 9.17) is 30.6 Å². The summed E-state index contributed by atoms with van der Waals surface area (Å²) in [4.78, 5) is 38.2. The van der Waals surface area contributed by atoms with Crippen LogP contribution in [-0.2, 0) is 18.4 Å². The molecule has 1 saturated carbocycles. The number of aliphatic hydroxyl groups excluding tert-OH is 2. The van der Waals surface area contributed by atoms with Gasteiger partial charge in [0.2, 0.25) is 5.28 Å². The van der Waals surface area contributed by atoms with Crippen LogP contribution in [0.15, 0.2) is 6.20 Å². The zero-order valence-electron chi connectivity index (χ0n) is 17.0. The van der Waals surface area contributed by atoms with Crippen LogP contribution in [0.3, 0.4) is 0 Å². The van der Waals surface area contributed by atoms with Crippen molar-refractivity contribution >= 4 is 38.3 Å². The minimum atomic E-state index is -4.81. The molecule has 0 spiro atoms. The molecule has 3 fully saturated rings. The Morgan fingerprint density at radius 3 is 2.55 bits per heavy atom. The predicted molar refractivity (Wildman–Crippen MR) is 112 cm³/mol. The van der Waals surface area contributed by atoms with Gasteiger partial charge in [-0.2, -0.15) is 4.98 Å². The first-order valence-electron chi connectivity index (χ1n) is 10.1. The maximum atomic E-state index is 11.9. The Bertz CT molecular complexity index is 1170. The van der Waals surface area contributed by atoms with Crippen molar-refractivity contribution in [2.24, 2.45) is 11.8 Å². The summed E-state index contributed by atoms with van der Waals surface area (Å²) in [5.74, 6) is 0.452. The topological polar surface area (TPSA) is 200 Å². The van der Waals surface area contributed by atoms with Crippen LogP contribution in [0.4, 0.5) is 5.82 Å². The van der Waals surface area contributed by atoms with Crippen molar-refractivity contribution in [2.45, 2.75) is 30.8 Å². The van der Waals surface area contributed by atoms with Crippen LogP contribution in [0.2, 0.25) is 5.28 Å². The molecule has 5 rings (SSSR count). The zero-order valence-corrected chi connectivity index (χ0v) is 19.5. The minimum absolute atomic E-state index is 0.0381. The van der Waals surface area contributed by atoms with E-state index in [1.807, 2.05) is 0 Å². The van der Waals surface area contributed by atoms with Crippen LogP contribution in [0.1, 0.15) is 18.2 Å². The van der Waals surface area contributed by atoms with Crippen molar-refractivity contribution in [1.82, 2.24) is 19.6 Å². The molecule has 14 nitrogen and oxygen atoms in total. The summed E-state index contributed by atoms with van der Waals surface area (Å²) in [6.07, 6.45) is -2.75. The highest BCUT2D eigenvalue weighted by Gasteiger charge is 2.48. The summed E-state index contributed by atoms with van der Waals surface area (Å²) in [7, 11) is -9.46. The maximum Gasteiger partial charge on any atom is 0.340 e. The number of ether oxygens (including phenoxy) is 1. The molecule has 182 valence electrons. The molecule has 2 aromatic heterocycles. The Balaban J connectivity index is 1.36. The molecule has 17 heteroatoms. The van der Waals surface area contributed by atoms with Crippen molar-refractivity contribution < 1.29 is 43.3 Å². The number of rotatable bonds is 7. The number of fused-ring (bicyclic) bond motifs is 2. The number of hydrogen-bond acceptors (Lipinski definition) is 10. The Morgan fingerprint density at radius 1 is 1.18 bits per heavy atom. The summed E-state index contributed by atoms with van der Waals surface area (Å²) >= 11 is 6.14. The van der Waals surface area contributed by atoms with Gasteiger partial charge in [-0.05, 0) is 29.9 Å². The van der Waals surface area contributed by atoms with Crippen LogP contribution in [0.5, 0.6) is 0 Å². The third-order valence-corrected chi connectivity index (χ3v) is 9.70. The van der Waals surface area contributed by atoms with Crippen LogP contribution in [0.25, 0.3) is 5.65 Å². The van der Waals surface area contributed by atoms with Gasteiger partial charge in [0.15, 0.2) is 17.4 Å². The first-order valence-corrected chi connectivity index (χ1v) is 14.0. The van der Waals surface area contributed by atoms with Crippen LogP contribution < -0.4 is 4.90 Å². The number of nitrogens with zero attached hydrogens (tertiary/aromatic N) is 5. The molecule has 2 aromatic rings. The molecular weight excluding hydrogens is 504 g/mol. The second kappa shape index (κ2) is 8.20. The van der Waals surface area contributed by atoms with Crippen LogP contribution in [0, 0.1) is 11.8 Å². The molecule has 33 heavy (non-hydrogen) atoms. The van der Waals surface area contributed by atoms with Crippen molar-refractivity contribution in [3.05, 3.63) is 17.2 Å². The van der Waals surface area contributed by atoms with Gasteiger partial charge in [0.1, 0.15) is 24.4 Å². The molecule has 5 N–H and O–H groups in total. The van der Waals surface area contributed by atoms with E-state index in [2.05, 4.69) is 20.0 Å². The Hall–Kier alpha value is -1.18. The average Bonchev–Trinajstić information content (AvgIpc) is 3.01. The van der Waals surface area contributed by atoms with Gasteiger partial charge in [-0.1, -0.05) is 0 Å². The first kappa shape index (κ1) is 23.6. The lowest BCUT2D eigenvalue weighted by molar-refractivity contribution is -0.0204. The maximum absolute atomic E-state index is 11.9. The van der Waals surface area contributed by atoms with E-state index >= 15 is 0 Å². The highest BCUT2D eigenvalue weighted by Crippen LogP contribution is 2.55. The standard InChI is InChI=1S/C16H22ClN5O9P2/c17-16-19-15(21-3-7-1-8(7)4-21)14-18-2-9(22(14)20-16)13-12(24)11(23)10(31-13)5-30-33(28,29)6-32(25,26)27/h2,7-8,10-13,23-24H,1,3-6H2,(H,28,29)(H2,25,26,27)/t7?,8?,10-,11-,12-,13+/m1/s1. The summed E-state index contributed by atoms with van der Waals surface area (Å²) < 4.78 is 34.6. The van der Waals surface area contributed by atoms with Gasteiger partial charge in [-0.25, -0.2) is 9.50 Å². The third kappa shape index (κ3) is 4.70. The number of aromatic nitrogens is 4. The van der Waals surface area contributed by atoms with Crippen molar-refractivity contribution in [3.8, 4) is 0 Å². The van der Waals surface area contributed by atoms with E-state index in [1.54, 1.807) is 0 Å². The molecule has 3 unspecified atom stereocenters. The Morgan fingerprint density at radius 2 is 1.88 bits per heavy atom. The fourth-order valence-corrected chi connectivity index (χ4v) is 7.16. The lowest BCUT2D eigenvalue weighted by Gasteiger charge is -2.20. The van der Waals surface area contributed by atoms with Gasteiger partial charge in [-0.15, -0.1) is 5.10 Å². The smallest absolute Gasteiger partial charge is 0.340 e. The molecule has 2 aliphatic heterocycles. The van der Waals surface area contributed by atoms with Crippen molar-refractivity contribution in [1.29, 1.82) is 0 Å². The fourth-order valence-electron chi connectivity index (χ4n) is 4.43. The summed E-state index contributed by atoms with van der Waals surface area (Å²) in [5.41, 5.74) is 0.679. The zero-order chi connectivity index (χ0) is 23.7. The van der Waals surface area contributed by atoms with Gasteiger partial charge < -0.3 is 39.1 Å². The molecule has 0 amide bonds. The van der Waals surface area contributed by atoms with Crippen molar-refractivity contribution in [2.75, 3.05) is 30.5 Å². The van der Waals surface area contributed by atoms with Gasteiger partial charge in [0, 0.05) is 13.1 Å². The molecular formula is C16H22ClN5O9P2. The van der Waals surface area contributed by atoms with Crippen molar-refractivity contribution in [3.63, 3.8) is 0 Å². The number of aliphatic hydroxyl groups is 2. The molecule has 0 aromatic carbocycles. The first-order chi connectivity index (χ1) is 15.4. The van der Waals surface area contributed by atoms with Gasteiger partial charge >= 0.3 is 15.2 Å². The number of imidazole rings is 1. The third-order valence-electron chi connectivity index (χ3n) is 6.08. The molecule has 3 aliphatic rings. The quantitative estimate of drug-likeness (QED) is 0.296. The van der Waals surface area contributed by atoms with E-state index < -0.39 is 52.1 Å². The van der Waals surface area contributed by atoms with Gasteiger partial charge in [0.05, 0.1) is 18.5 Å². The van der Waals surface area contributed by atoms with E-state index in [0.717, 1.165) is 13.1 Å². The second-order valence-corrected chi connectivity index (χ2v) is 12.9. The van der Waals surface area contributed by atoms with Crippen LogP contribution >= 0.6 is 26.8 Å². The average molecular weight is 526 g/mol. The molecule has 0 bridgehead atoms. The molecule has 7 atom stereocenters. The normalized spacial score (nSPS) is 33.5. The highest BCUT2D eigenvalue weighted by atomic mass is 35.5. The van der Waals surface area contributed by atoms with Gasteiger partial charge in [-0.3, -0.25) is 9.13 Å². The summed E-state index contributed by atoms with van der Waals surface area (Å²) in [6.45, 7) is 0.996. The lowest BCUT2D eigenvalue weighted by Crippen LogP contribution is -2.33. The SMILES string of the molecule is O=P(O)(O)CP(=O)(O)OC[C@H]1O[C@@H](c2cnc3c(N4CC5CC5C4)nc(Cl)nn23)[C@H](O)[C@@H]1O. The Kier molecular flexibility index (Phi) is 5.85. The van der Waals surface area contributed by atoms with Crippen LogP contribution in [-0.4, -0.2) is 88.4 Å². The number of hydrogen-bond donors (Lipinski definition) is 5. The van der Waals surface area contributed by atoms with E-state index in [0.29, 0.717) is 23.3 Å². The van der Waals surface area contributed by atoms with E-state index in [1.165, 1.54) is 17.1 Å². The Labute approximate surface area is 191 Å². The lowest BCUT2D eigenvalue weighted by atomic mass is 10.1. The summed E-state index contributed by atoms with van der Waals surface area (Å²) in [5, 5.41) is 25.0. The second-order valence-electron chi connectivity index (χ2n) is 8.60. The minimum Gasteiger partial charge on any atom is -0.387 e.